The molecule has 4 nitrogen and oxygen atoms in total. The molecule has 1 unspecified atom stereocenters. The van der Waals surface area contributed by atoms with Gasteiger partial charge in [-0.25, -0.2) is 0 Å². The van der Waals surface area contributed by atoms with E-state index in [0.717, 1.165) is 17.5 Å². The number of benzene rings is 2. The van der Waals surface area contributed by atoms with E-state index in [1.165, 1.54) is 5.56 Å². The number of nitrogens with zero attached hydrogens (tertiary/aromatic N) is 1. The Morgan fingerprint density at radius 2 is 1.61 bits per heavy atom. The first kappa shape index (κ1) is 25.2. The molecule has 2 aromatic carbocycles. The van der Waals surface area contributed by atoms with E-state index in [4.69, 9.17) is 23.2 Å². The molecule has 1 N–H and O–H groups in total. The van der Waals surface area contributed by atoms with Crippen molar-refractivity contribution in [1.29, 1.82) is 0 Å². The van der Waals surface area contributed by atoms with Crippen molar-refractivity contribution >= 4 is 35.0 Å². The molecule has 31 heavy (non-hydrogen) atoms. The second kappa shape index (κ2) is 12.1. The molecule has 0 aliphatic rings. The van der Waals surface area contributed by atoms with Gasteiger partial charge in [0.2, 0.25) is 11.8 Å². The highest BCUT2D eigenvalue weighted by molar-refractivity contribution is 6.42. The van der Waals surface area contributed by atoms with Gasteiger partial charge in [0.15, 0.2) is 0 Å². The van der Waals surface area contributed by atoms with Crippen LogP contribution in [0.3, 0.4) is 0 Å². The van der Waals surface area contributed by atoms with Crippen LogP contribution in [-0.2, 0) is 22.6 Å². The Morgan fingerprint density at radius 3 is 2.19 bits per heavy atom. The van der Waals surface area contributed by atoms with E-state index < -0.39 is 6.04 Å². The van der Waals surface area contributed by atoms with E-state index in [1.54, 1.807) is 24.0 Å². The summed E-state index contributed by atoms with van der Waals surface area (Å²) < 4.78 is 0. The normalized spacial score (nSPS) is 12.0. The SMILES string of the molecule is CCCNC(=O)C(C)N(Cc1ccc(Cl)c(Cl)c1)C(=O)CCc1ccc(C(C)C)cc1. The highest BCUT2D eigenvalue weighted by Crippen LogP contribution is 2.24. The molecule has 168 valence electrons. The van der Waals surface area contributed by atoms with Crippen LogP contribution in [0.5, 0.6) is 0 Å². The van der Waals surface area contributed by atoms with Gasteiger partial charge in [0, 0.05) is 19.5 Å². The predicted molar refractivity (Wildman–Crippen MR) is 129 cm³/mol. The van der Waals surface area contributed by atoms with Gasteiger partial charge in [-0.2, -0.15) is 0 Å². The third kappa shape index (κ3) is 7.55. The van der Waals surface area contributed by atoms with Crippen LogP contribution in [0.2, 0.25) is 10.0 Å². The molecule has 0 saturated carbocycles. The van der Waals surface area contributed by atoms with Crippen molar-refractivity contribution in [3.05, 3.63) is 69.2 Å². The number of hydrogen-bond donors (Lipinski definition) is 1. The maximum atomic E-state index is 13.2. The molecule has 2 amide bonds. The Hall–Kier alpha value is -2.04. The van der Waals surface area contributed by atoms with Gasteiger partial charge in [0.1, 0.15) is 6.04 Å². The molecule has 0 aromatic heterocycles. The summed E-state index contributed by atoms with van der Waals surface area (Å²) in [6.07, 6.45) is 1.79. The Morgan fingerprint density at radius 1 is 0.968 bits per heavy atom. The average Bonchev–Trinajstić information content (AvgIpc) is 2.76. The summed E-state index contributed by atoms with van der Waals surface area (Å²) in [5.74, 6) is 0.245. The van der Waals surface area contributed by atoms with E-state index in [2.05, 4.69) is 43.4 Å². The van der Waals surface area contributed by atoms with Crippen LogP contribution in [0, 0.1) is 0 Å². The van der Waals surface area contributed by atoms with E-state index in [1.807, 2.05) is 13.0 Å². The minimum absolute atomic E-state index is 0.0712. The number of aryl methyl sites for hydroxylation is 1. The molecule has 0 bridgehead atoms. The van der Waals surface area contributed by atoms with Crippen LogP contribution in [0.15, 0.2) is 42.5 Å². The number of amides is 2. The topological polar surface area (TPSA) is 49.4 Å². The third-order valence-electron chi connectivity index (χ3n) is 5.33. The van der Waals surface area contributed by atoms with Crippen LogP contribution in [-0.4, -0.2) is 29.3 Å². The number of carbonyl (C=O) groups excluding carboxylic acids is 2. The van der Waals surface area contributed by atoms with Crippen LogP contribution < -0.4 is 5.32 Å². The zero-order valence-electron chi connectivity index (χ0n) is 18.8. The van der Waals surface area contributed by atoms with Gasteiger partial charge < -0.3 is 10.2 Å². The fourth-order valence-electron chi connectivity index (χ4n) is 3.28. The molecule has 0 fully saturated rings. The number of nitrogens with one attached hydrogen (secondary N) is 1. The molecule has 0 spiro atoms. The van der Waals surface area contributed by atoms with Crippen molar-refractivity contribution in [2.45, 2.75) is 65.5 Å². The lowest BCUT2D eigenvalue weighted by Gasteiger charge is -2.29. The molecule has 0 radical (unpaired) electrons. The third-order valence-corrected chi connectivity index (χ3v) is 6.07. The largest absolute Gasteiger partial charge is 0.354 e. The molecule has 0 heterocycles. The first-order valence-electron chi connectivity index (χ1n) is 10.8. The number of rotatable bonds is 10. The fraction of sp³-hybridized carbons (Fsp3) is 0.440. The molecule has 2 aromatic rings. The fourth-order valence-corrected chi connectivity index (χ4v) is 3.60. The van der Waals surface area contributed by atoms with Crippen molar-refractivity contribution in [2.24, 2.45) is 0 Å². The molecule has 0 aliphatic heterocycles. The first-order chi connectivity index (χ1) is 14.7. The maximum Gasteiger partial charge on any atom is 0.242 e. The van der Waals surface area contributed by atoms with E-state index in [-0.39, 0.29) is 11.8 Å². The summed E-state index contributed by atoms with van der Waals surface area (Å²) in [6.45, 7) is 8.95. The van der Waals surface area contributed by atoms with Crippen LogP contribution in [0.25, 0.3) is 0 Å². The van der Waals surface area contributed by atoms with E-state index >= 15 is 0 Å². The summed E-state index contributed by atoms with van der Waals surface area (Å²) >= 11 is 12.2. The van der Waals surface area contributed by atoms with Crippen LogP contribution >= 0.6 is 23.2 Å². The Labute approximate surface area is 195 Å². The van der Waals surface area contributed by atoms with Crippen molar-refractivity contribution < 1.29 is 9.59 Å². The van der Waals surface area contributed by atoms with Crippen molar-refractivity contribution in [2.75, 3.05) is 6.54 Å². The van der Waals surface area contributed by atoms with Gasteiger partial charge in [-0.1, -0.05) is 74.3 Å². The maximum absolute atomic E-state index is 13.2. The van der Waals surface area contributed by atoms with Crippen molar-refractivity contribution in [3.63, 3.8) is 0 Å². The van der Waals surface area contributed by atoms with Gasteiger partial charge in [-0.05, 0) is 54.5 Å². The van der Waals surface area contributed by atoms with E-state index in [9.17, 15) is 9.59 Å². The summed E-state index contributed by atoms with van der Waals surface area (Å²) in [4.78, 5) is 27.4. The number of halogens is 2. The van der Waals surface area contributed by atoms with Crippen molar-refractivity contribution in [1.82, 2.24) is 10.2 Å². The van der Waals surface area contributed by atoms with Gasteiger partial charge in [0.25, 0.3) is 0 Å². The Kier molecular flexibility index (Phi) is 9.86. The standard InChI is InChI=1S/C25H32Cl2N2O2/c1-5-14-28-25(31)18(4)29(16-20-8-12-22(26)23(27)15-20)24(30)13-9-19-6-10-21(11-7-19)17(2)3/h6-8,10-12,15,17-18H,5,9,13-14,16H2,1-4H3,(H,28,31). The van der Waals surface area contributed by atoms with Gasteiger partial charge in [-0.15, -0.1) is 0 Å². The second-order valence-electron chi connectivity index (χ2n) is 8.13. The zero-order chi connectivity index (χ0) is 23.0. The van der Waals surface area contributed by atoms with Crippen molar-refractivity contribution in [3.8, 4) is 0 Å². The second-order valence-corrected chi connectivity index (χ2v) is 8.95. The molecular weight excluding hydrogens is 431 g/mol. The van der Waals surface area contributed by atoms with Crippen LogP contribution in [0.1, 0.15) is 63.1 Å². The Balaban J connectivity index is 2.14. The smallest absolute Gasteiger partial charge is 0.242 e. The predicted octanol–water partition coefficient (Wildman–Crippen LogP) is 5.99. The molecule has 1 atom stereocenters. The number of carbonyl (C=O) groups is 2. The lowest BCUT2D eigenvalue weighted by molar-refractivity contribution is -0.140. The minimum Gasteiger partial charge on any atom is -0.354 e. The Bertz CT molecular complexity index is 882. The molecule has 0 saturated heterocycles. The number of hydrogen-bond acceptors (Lipinski definition) is 2. The monoisotopic (exact) mass is 462 g/mol. The van der Waals surface area contributed by atoms with Crippen LogP contribution in [0.4, 0.5) is 0 Å². The average molecular weight is 463 g/mol. The highest BCUT2D eigenvalue weighted by atomic mass is 35.5. The van der Waals surface area contributed by atoms with Gasteiger partial charge in [0.05, 0.1) is 10.0 Å². The highest BCUT2D eigenvalue weighted by Gasteiger charge is 2.25. The summed E-state index contributed by atoms with van der Waals surface area (Å²) in [5.41, 5.74) is 3.21. The lowest BCUT2D eigenvalue weighted by atomic mass is 10.00. The quantitative estimate of drug-likeness (QED) is 0.470. The lowest BCUT2D eigenvalue weighted by Crippen LogP contribution is -2.47. The summed E-state index contributed by atoms with van der Waals surface area (Å²) in [6, 6.07) is 13.1. The first-order valence-corrected chi connectivity index (χ1v) is 11.6. The van der Waals surface area contributed by atoms with E-state index in [0.29, 0.717) is 41.9 Å². The zero-order valence-corrected chi connectivity index (χ0v) is 20.3. The summed E-state index contributed by atoms with van der Waals surface area (Å²) in [7, 11) is 0. The van der Waals surface area contributed by atoms with Gasteiger partial charge >= 0.3 is 0 Å². The minimum atomic E-state index is -0.586. The molecule has 2 rings (SSSR count). The molecule has 6 heteroatoms. The molecule has 0 aliphatic carbocycles. The molecular formula is C25H32Cl2N2O2. The van der Waals surface area contributed by atoms with Gasteiger partial charge in [-0.3, -0.25) is 9.59 Å². The summed E-state index contributed by atoms with van der Waals surface area (Å²) in [5, 5.41) is 3.77.